The van der Waals surface area contributed by atoms with E-state index in [9.17, 15) is 9.59 Å². The maximum Gasteiger partial charge on any atom is 0.303 e. The van der Waals surface area contributed by atoms with Crippen LogP contribution in [0.1, 0.15) is 6.92 Å². The van der Waals surface area contributed by atoms with Crippen molar-refractivity contribution in [2.24, 2.45) is 0 Å². The average molecular weight is 462 g/mol. The van der Waals surface area contributed by atoms with E-state index in [1.165, 1.54) is 24.5 Å². The molecule has 4 rings (SSSR count). The van der Waals surface area contributed by atoms with Crippen molar-refractivity contribution in [2.75, 3.05) is 31.0 Å². The number of nitrogens with zero attached hydrogens (tertiary/aromatic N) is 3. The summed E-state index contributed by atoms with van der Waals surface area (Å²) in [6.07, 6.45) is 4.46. The largest absolute Gasteiger partial charge is 0.496 e. The molecule has 4 aromatic rings. The number of carbonyl (C=O) groups excluding carboxylic acids is 2. The number of methoxy groups -OCH3 is 1. The predicted octanol–water partition coefficient (Wildman–Crippen LogP) is 4.27. The molecule has 10 heteroatoms. The highest BCUT2D eigenvalue weighted by molar-refractivity contribution is 5.98. The van der Waals surface area contributed by atoms with Crippen LogP contribution in [-0.2, 0) is 14.3 Å². The molecule has 0 spiro atoms. The van der Waals surface area contributed by atoms with Gasteiger partial charge in [0, 0.05) is 36.9 Å². The van der Waals surface area contributed by atoms with Crippen LogP contribution in [-0.4, -0.2) is 42.6 Å². The first kappa shape index (κ1) is 22.6. The molecule has 0 aliphatic rings. The molecule has 1 amide bonds. The topological polar surface area (TPSA) is 120 Å². The Labute approximate surface area is 195 Å². The maximum atomic E-state index is 12.4. The Morgan fingerprint density at radius 2 is 1.94 bits per heavy atom. The molecule has 0 bridgehead atoms. The van der Waals surface area contributed by atoms with Crippen LogP contribution in [0.2, 0.25) is 0 Å². The van der Waals surface area contributed by atoms with E-state index in [0.717, 1.165) is 5.56 Å². The summed E-state index contributed by atoms with van der Waals surface area (Å²) >= 11 is 0. The lowest BCUT2D eigenvalue weighted by atomic mass is 10.1. The van der Waals surface area contributed by atoms with E-state index in [1.54, 1.807) is 38.6 Å². The van der Waals surface area contributed by atoms with Gasteiger partial charge in [0.1, 0.15) is 17.7 Å². The third kappa shape index (κ3) is 4.90. The SMILES string of the molecule is COc1cc(Nc2ncc(-c3ccccc3N(C)C(=O)COC(C)=O)o2)ccc1-c1cocn1. The van der Waals surface area contributed by atoms with Gasteiger partial charge in [-0.15, -0.1) is 0 Å². The first-order chi connectivity index (χ1) is 16.5. The van der Waals surface area contributed by atoms with Crippen molar-refractivity contribution in [3.8, 4) is 28.3 Å². The fourth-order valence-corrected chi connectivity index (χ4v) is 3.28. The number of benzene rings is 2. The molecule has 0 atom stereocenters. The molecule has 2 heterocycles. The maximum absolute atomic E-state index is 12.4. The Morgan fingerprint density at radius 1 is 1.12 bits per heavy atom. The lowest BCUT2D eigenvalue weighted by Crippen LogP contribution is -2.31. The van der Waals surface area contributed by atoms with Crippen LogP contribution in [0.3, 0.4) is 0 Å². The van der Waals surface area contributed by atoms with Crippen LogP contribution in [0.5, 0.6) is 5.75 Å². The molecule has 34 heavy (non-hydrogen) atoms. The summed E-state index contributed by atoms with van der Waals surface area (Å²) < 4.78 is 21.3. The minimum atomic E-state index is -0.522. The molecule has 0 aliphatic carbocycles. The lowest BCUT2D eigenvalue weighted by Gasteiger charge is -2.19. The van der Waals surface area contributed by atoms with Gasteiger partial charge in [-0.3, -0.25) is 9.59 Å². The lowest BCUT2D eigenvalue weighted by molar-refractivity contribution is -0.145. The van der Waals surface area contributed by atoms with Crippen molar-refractivity contribution in [3.63, 3.8) is 0 Å². The summed E-state index contributed by atoms with van der Waals surface area (Å²) in [5.41, 5.74) is 3.37. The highest BCUT2D eigenvalue weighted by Crippen LogP contribution is 2.35. The van der Waals surface area contributed by atoms with Gasteiger partial charge in [0.2, 0.25) is 0 Å². The third-order valence-corrected chi connectivity index (χ3v) is 4.97. The van der Waals surface area contributed by atoms with E-state index >= 15 is 0 Å². The fourth-order valence-electron chi connectivity index (χ4n) is 3.28. The second kappa shape index (κ2) is 9.90. The number of amides is 1. The number of esters is 1. The van der Waals surface area contributed by atoms with Crippen LogP contribution in [0.25, 0.3) is 22.6 Å². The Balaban J connectivity index is 1.54. The van der Waals surface area contributed by atoms with Crippen LogP contribution in [0.4, 0.5) is 17.4 Å². The van der Waals surface area contributed by atoms with Gasteiger partial charge >= 0.3 is 5.97 Å². The number of hydrogen-bond donors (Lipinski definition) is 1. The number of oxazole rings is 2. The zero-order valence-electron chi connectivity index (χ0n) is 18.8. The zero-order valence-corrected chi connectivity index (χ0v) is 18.8. The van der Waals surface area contributed by atoms with E-state index in [4.69, 9.17) is 18.3 Å². The van der Waals surface area contributed by atoms with E-state index in [1.807, 2.05) is 24.3 Å². The van der Waals surface area contributed by atoms with Crippen LogP contribution in [0.15, 0.2) is 70.2 Å². The van der Waals surface area contributed by atoms with Gasteiger partial charge in [-0.25, -0.2) is 9.97 Å². The summed E-state index contributed by atoms with van der Waals surface area (Å²) in [6, 6.07) is 12.9. The van der Waals surface area contributed by atoms with Crippen LogP contribution >= 0.6 is 0 Å². The number of para-hydroxylation sites is 1. The molecule has 10 nitrogen and oxygen atoms in total. The smallest absolute Gasteiger partial charge is 0.303 e. The summed E-state index contributed by atoms with van der Waals surface area (Å²) in [4.78, 5) is 33.3. The number of ether oxygens (including phenoxy) is 2. The van der Waals surface area contributed by atoms with Crippen molar-refractivity contribution in [1.29, 1.82) is 0 Å². The van der Waals surface area contributed by atoms with Gasteiger partial charge < -0.3 is 28.5 Å². The summed E-state index contributed by atoms with van der Waals surface area (Å²) in [6.45, 7) is 0.900. The molecule has 2 aromatic carbocycles. The monoisotopic (exact) mass is 462 g/mol. The van der Waals surface area contributed by atoms with E-state index in [0.29, 0.717) is 34.1 Å². The highest BCUT2D eigenvalue weighted by Gasteiger charge is 2.19. The van der Waals surface area contributed by atoms with Crippen LogP contribution in [0, 0.1) is 0 Å². The molecule has 0 aliphatic heterocycles. The molecular weight excluding hydrogens is 440 g/mol. The van der Waals surface area contributed by atoms with Crippen molar-refractivity contribution < 1.29 is 27.9 Å². The van der Waals surface area contributed by atoms with Crippen molar-refractivity contribution in [2.45, 2.75) is 6.92 Å². The quantitative estimate of drug-likeness (QED) is 0.383. The zero-order chi connectivity index (χ0) is 24.1. The van der Waals surface area contributed by atoms with E-state index < -0.39 is 5.97 Å². The molecule has 0 unspecified atom stereocenters. The number of aromatic nitrogens is 2. The molecule has 2 aromatic heterocycles. The summed E-state index contributed by atoms with van der Waals surface area (Å²) in [5, 5.41) is 3.11. The average Bonchev–Trinajstić information content (AvgIpc) is 3.54. The number of nitrogens with one attached hydrogen (secondary N) is 1. The minimum absolute atomic E-state index is 0.259. The van der Waals surface area contributed by atoms with Gasteiger partial charge in [0.05, 0.1) is 19.0 Å². The van der Waals surface area contributed by atoms with Gasteiger partial charge in [0.15, 0.2) is 18.8 Å². The highest BCUT2D eigenvalue weighted by atomic mass is 16.5. The fraction of sp³-hybridized carbons (Fsp3) is 0.167. The third-order valence-electron chi connectivity index (χ3n) is 4.97. The van der Waals surface area contributed by atoms with Crippen molar-refractivity contribution >= 4 is 29.3 Å². The van der Waals surface area contributed by atoms with Gasteiger partial charge in [-0.1, -0.05) is 12.1 Å². The number of rotatable bonds is 8. The molecule has 0 fully saturated rings. The second-order valence-electron chi connectivity index (χ2n) is 7.19. The normalized spacial score (nSPS) is 10.6. The van der Waals surface area contributed by atoms with Gasteiger partial charge in [-0.05, 0) is 24.3 Å². The summed E-state index contributed by atoms with van der Waals surface area (Å²) in [7, 11) is 3.17. The standard InChI is InChI=1S/C24H22N4O6/c1-15(29)33-13-23(30)28(2)20-7-5-4-6-18(20)22-11-25-24(34-22)27-16-8-9-17(21(10-16)31-3)19-12-32-14-26-19/h4-12,14H,13H2,1-3H3,(H,25,27). The van der Waals surface area contributed by atoms with Gasteiger partial charge in [0.25, 0.3) is 11.9 Å². The van der Waals surface area contributed by atoms with Crippen molar-refractivity contribution in [1.82, 2.24) is 9.97 Å². The predicted molar refractivity (Wildman–Crippen MR) is 124 cm³/mol. The van der Waals surface area contributed by atoms with E-state index in [-0.39, 0.29) is 18.5 Å². The Hall–Kier alpha value is -4.60. The number of carbonyl (C=O) groups is 2. The molecule has 0 radical (unpaired) electrons. The number of hydrogen-bond acceptors (Lipinski definition) is 9. The Bertz CT molecular complexity index is 1300. The number of likely N-dealkylation sites (N-methyl/N-ethyl adjacent to an activating group) is 1. The number of anilines is 3. The Kier molecular flexibility index (Phi) is 6.58. The second-order valence-corrected chi connectivity index (χ2v) is 7.19. The molecule has 0 saturated heterocycles. The first-order valence-corrected chi connectivity index (χ1v) is 10.2. The van der Waals surface area contributed by atoms with Crippen molar-refractivity contribution in [3.05, 3.63) is 61.3 Å². The molecular formula is C24H22N4O6. The van der Waals surface area contributed by atoms with Crippen LogP contribution < -0.4 is 15.0 Å². The Morgan fingerprint density at radius 3 is 2.68 bits per heavy atom. The molecule has 174 valence electrons. The minimum Gasteiger partial charge on any atom is -0.496 e. The van der Waals surface area contributed by atoms with E-state index in [2.05, 4.69) is 15.3 Å². The molecule has 1 N–H and O–H groups in total. The first-order valence-electron chi connectivity index (χ1n) is 10.2. The summed E-state index contributed by atoms with van der Waals surface area (Å²) in [5.74, 6) is 0.159. The molecule has 0 saturated carbocycles. The van der Waals surface area contributed by atoms with Gasteiger partial charge in [-0.2, -0.15) is 0 Å².